The van der Waals surface area contributed by atoms with Crippen molar-refractivity contribution in [2.24, 2.45) is 0 Å². The molecule has 2 aromatic rings. The highest BCUT2D eigenvalue weighted by Crippen LogP contribution is 2.23. The molecule has 1 fully saturated rings. The Hall–Kier alpha value is -2.44. The third-order valence-electron chi connectivity index (χ3n) is 5.00. The molecule has 1 saturated heterocycles. The van der Waals surface area contributed by atoms with E-state index in [2.05, 4.69) is 10.2 Å². The summed E-state index contributed by atoms with van der Waals surface area (Å²) in [6.07, 6.45) is 1.76. The molecule has 2 N–H and O–H groups in total. The van der Waals surface area contributed by atoms with E-state index < -0.39 is 5.97 Å². The van der Waals surface area contributed by atoms with Gasteiger partial charge in [0.05, 0.1) is 13.1 Å². The maximum atomic E-state index is 12.4. The largest absolute Gasteiger partial charge is 0.480 e. The molecule has 138 valence electrons. The molecule has 0 aromatic heterocycles. The minimum absolute atomic E-state index is 0.0151. The lowest BCUT2D eigenvalue weighted by Crippen LogP contribution is -2.46. The molecule has 1 amide bonds. The number of aliphatic carboxylic acids is 1. The second-order valence-electron chi connectivity index (χ2n) is 6.89. The Kier molecular flexibility index (Phi) is 5.85. The van der Waals surface area contributed by atoms with Gasteiger partial charge < -0.3 is 10.4 Å². The summed E-state index contributed by atoms with van der Waals surface area (Å²) in [5.74, 6) is -0.817. The van der Waals surface area contributed by atoms with E-state index in [1.165, 1.54) is 0 Å². The van der Waals surface area contributed by atoms with E-state index in [1.807, 2.05) is 54.4 Å². The van der Waals surface area contributed by atoms with Gasteiger partial charge in [-0.1, -0.05) is 36.4 Å². The maximum Gasteiger partial charge on any atom is 0.317 e. The van der Waals surface area contributed by atoms with Crippen molar-refractivity contribution in [3.63, 3.8) is 0 Å². The van der Waals surface area contributed by atoms with Gasteiger partial charge in [-0.2, -0.15) is 0 Å². The van der Waals surface area contributed by atoms with Crippen molar-refractivity contribution in [2.75, 3.05) is 38.5 Å². The molecule has 0 radical (unpaired) electrons. The summed E-state index contributed by atoms with van der Waals surface area (Å²) < 4.78 is 0. The van der Waals surface area contributed by atoms with Crippen molar-refractivity contribution in [3.05, 3.63) is 42.5 Å². The van der Waals surface area contributed by atoms with Crippen molar-refractivity contribution >= 4 is 28.3 Å². The van der Waals surface area contributed by atoms with E-state index in [0.717, 1.165) is 42.4 Å². The second kappa shape index (κ2) is 8.29. The Bertz CT molecular complexity index is 779. The fourth-order valence-electron chi connectivity index (χ4n) is 3.59. The van der Waals surface area contributed by atoms with Crippen LogP contribution in [-0.4, -0.2) is 66.1 Å². The van der Waals surface area contributed by atoms with E-state index >= 15 is 0 Å². The summed E-state index contributed by atoms with van der Waals surface area (Å²) in [4.78, 5) is 27.3. The summed E-state index contributed by atoms with van der Waals surface area (Å²) in [5.41, 5.74) is 0.837. The van der Waals surface area contributed by atoms with Crippen LogP contribution in [0.4, 0.5) is 5.69 Å². The number of benzene rings is 2. The van der Waals surface area contributed by atoms with Crippen molar-refractivity contribution < 1.29 is 14.7 Å². The summed E-state index contributed by atoms with van der Waals surface area (Å²) in [7, 11) is 1.85. The quantitative estimate of drug-likeness (QED) is 0.832. The number of fused-ring (bicyclic) bond motifs is 1. The van der Waals surface area contributed by atoms with Crippen molar-refractivity contribution in [2.45, 2.75) is 18.9 Å². The lowest BCUT2D eigenvalue weighted by Gasteiger charge is -2.35. The van der Waals surface area contributed by atoms with E-state index in [0.29, 0.717) is 6.54 Å². The highest BCUT2D eigenvalue weighted by Gasteiger charge is 2.24. The molecule has 0 atom stereocenters. The molecule has 0 spiro atoms. The number of likely N-dealkylation sites (N-methyl/N-ethyl adjacent to an activating group) is 1. The van der Waals surface area contributed by atoms with Crippen LogP contribution in [0, 0.1) is 0 Å². The van der Waals surface area contributed by atoms with Crippen LogP contribution in [0.3, 0.4) is 0 Å². The molecule has 3 rings (SSSR count). The molecule has 0 bridgehead atoms. The molecule has 0 saturated carbocycles. The van der Waals surface area contributed by atoms with Gasteiger partial charge in [0.2, 0.25) is 5.91 Å². The van der Waals surface area contributed by atoms with Gasteiger partial charge in [-0.25, -0.2) is 0 Å². The van der Waals surface area contributed by atoms with E-state index in [4.69, 9.17) is 5.11 Å². The first-order valence-corrected chi connectivity index (χ1v) is 8.95. The van der Waals surface area contributed by atoms with E-state index in [9.17, 15) is 9.59 Å². The second-order valence-corrected chi connectivity index (χ2v) is 6.89. The first-order valence-electron chi connectivity index (χ1n) is 8.95. The zero-order chi connectivity index (χ0) is 18.5. The van der Waals surface area contributed by atoms with Gasteiger partial charge in [0.15, 0.2) is 0 Å². The minimum Gasteiger partial charge on any atom is -0.480 e. The van der Waals surface area contributed by atoms with Crippen molar-refractivity contribution in [1.82, 2.24) is 9.80 Å². The standard InChI is InChI=1S/C20H25N3O3/c1-22(14-20(25)26)16-9-11-23(12-10-16)13-19(24)21-18-8-4-6-15-5-2-3-7-17(15)18/h2-8,16H,9-14H2,1H3,(H,21,24)(H,25,26). The van der Waals surface area contributed by atoms with Crippen LogP contribution in [0.2, 0.25) is 0 Å². The fraction of sp³-hybridized carbons (Fsp3) is 0.400. The first kappa shape index (κ1) is 18.4. The molecular weight excluding hydrogens is 330 g/mol. The number of hydrogen-bond acceptors (Lipinski definition) is 4. The number of likely N-dealkylation sites (tertiary alicyclic amines) is 1. The number of nitrogens with one attached hydrogen (secondary N) is 1. The van der Waals surface area contributed by atoms with Crippen LogP contribution in [-0.2, 0) is 9.59 Å². The van der Waals surface area contributed by atoms with Gasteiger partial charge >= 0.3 is 5.97 Å². The number of nitrogens with zero attached hydrogens (tertiary/aromatic N) is 2. The third kappa shape index (κ3) is 4.59. The van der Waals surface area contributed by atoms with Gasteiger partial charge in [0, 0.05) is 30.2 Å². The number of piperidine rings is 1. The predicted molar refractivity (Wildman–Crippen MR) is 102 cm³/mol. The van der Waals surface area contributed by atoms with Crippen LogP contribution < -0.4 is 5.32 Å². The summed E-state index contributed by atoms with van der Waals surface area (Å²) >= 11 is 0. The zero-order valence-electron chi connectivity index (χ0n) is 15.0. The number of carbonyl (C=O) groups excluding carboxylic acids is 1. The number of amides is 1. The van der Waals surface area contributed by atoms with Crippen LogP contribution in [0.15, 0.2) is 42.5 Å². The highest BCUT2D eigenvalue weighted by molar-refractivity contribution is 6.02. The summed E-state index contributed by atoms with van der Waals surface area (Å²) in [5, 5.41) is 14.1. The Labute approximate surface area is 153 Å². The lowest BCUT2D eigenvalue weighted by molar-refractivity contribution is -0.138. The van der Waals surface area contributed by atoms with Crippen LogP contribution >= 0.6 is 0 Å². The molecular formula is C20H25N3O3. The molecule has 0 unspecified atom stereocenters. The Morgan fingerprint density at radius 3 is 2.58 bits per heavy atom. The monoisotopic (exact) mass is 355 g/mol. The topological polar surface area (TPSA) is 72.9 Å². The molecule has 0 aliphatic carbocycles. The number of carboxylic acid groups (broad SMARTS) is 1. The minimum atomic E-state index is -0.801. The fourth-order valence-corrected chi connectivity index (χ4v) is 3.59. The maximum absolute atomic E-state index is 12.4. The Morgan fingerprint density at radius 1 is 1.15 bits per heavy atom. The molecule has 26 heavy (non-hydrogen) atoms. The third-order valence-corrected chi connectivity index (χ3v) is 5.00. The van der Waals surface area contributed by atoms with Gasteiger partial charge in [-0.3, -0.25) is 19.4 Å². The van der Waals surface area contributed by atoms with Gasteiger partial charge in [0.25, 0.3) is 0 Å². The van der Waals surface area contributed by atoms with Gasteiger partial charge in [0.1, 0.15) is 0 Å². The molecule has 1 heterocycles. The van der Waals surface area contributed by atoms with E-state index in [1.54, 1.807) is 0 Å². The molecule has 1 aliphatic heterocycles. The first-order chi connectivity index (χ1) is 12.5. The number of rotatable bonds is 6. The number of anilines is 1. The van der Waals surface area contributed by atoms with Crippen LogP contribution in [0.1, 0.15) is 12.8 Å². The number of carbonyl (C=O) groups is 2. The van der Waals surface area contributed by atoms with Gasteiger partial charge in [-0.05, 0) is 31.3 Å². The normalized spacial score (nSPS) is 16.1. The van der Waals surface area contributed by atoms with Crippen molar-refractivity contribution in [3.8, 4) is 0 Å². The van der Waals surface area contributed by atoms with Crippen LogP contribution in [0.25, 0.3) is 10.8 Å². The van der Waals surface area contributed by atoms with Crippen LogP contribution in [0.5, 0.6) is 0 Å². The number of carboxylic acids is 1. The Balaban J connectivity index is 1.52. The number of hydrogen-bond donors (Lipinski definition) is 2. The lowest BCUT2D eigenvalue weighted by atomic mass is 10.0. The Morgan fingerprint density at radius 2 is 1.85 bits per heavy atom. The zero-order valence-corrected chi connectivity index (χ0v) is 15.0. The molecule has 2 aromatic carbocycles. The smallest absolute Gasteiger partial charge is 0.317 e. The van der Waals surface area contributed by atoms with Crippen molar-refractivity contribution in [1.29, 1.82) is 0 Å². The average molecular weight is 355 g/mol. The summed E-state index contributed by atoms with van der Waals surface area (Å²) in [6.45, 7) is 2.03. The molecule has 6 nitrogen and oxygen atoms in total. The predicted octanol–water partition coefficient (Wildman–Crippen LogP) is 2.26. The van der Waals surface area contributed by atoms with Gasteiger partial charge in [-0.15, -0.1) is 0 Å². The van der Waals surface area contributed by atoms with E-state index in [-0.39, 0.29) is 18.5 Å². The molecule has 1 aliphatic rings. The molecule has 6 heteroatoms. The highest BCUT2D eigenvalue weighted by atomic mass is 16.4. The SMILES string of the molecule is CN(CC(=O)O)C1CCN(CC(=O)Nc2cccc3ccccc23)CC1. The summed E-state index contributed by atoms with van der Waals surface area (Å²) in [6, 6.07) is 14.2. The average Bonchev–Trinajstić information content (AvgIpc) is 2.62.